The van der Waals surface area contributed by atoms with Crippen molar-refractivity contribution in [2.45, 2.75) is 6.54 Å². The number of carboxylic acid groups (broad SMARTS) is 1. The number of aromatic carboxylic acids is 1. The molecule has 0 amide bonds. The van der Waals surface area contributed by atoms with Gasteiger partial charge in [-0.25, -0.2) is 4.79 Å². The molecule has 0 unspecified atom stereocenters. The summed E-state index contributed by atoms with van der Waals surface area (Å²) < 4.78 is 1.46. The Morgan fingerprint density at radius 3 is 2.76 bits per heavy atom. The van der Waals surface area contributed by atoms with Crippen molar-refractivity contribution in [1.82, 2.24) is 4.57 Å². The van der Waals surface area contributed by atoms with Gasteiger partial charge in [-0.15, -0.1) is 6.42 Å². The molecule has 0 saturated heterocycles. The number of fused-ring (bicyclic) bond motifs is 1. The van der Waals surface area contributed by atoms with Crippen LogP contribution in [0.15, 0.2) is 24.3 Å². The van der Waals surface area contributed by atoms with Crippen molar-refractivity contribution in [3.8, 4) is 12.3 Å². The standard InChI is InChI=1S/C13H9NO3/c1-2-7-14-11-6-4-3-5-9(11)10(8-15)12(14)13(16)17/h1,3-6,8H,7H2,(H,16,17). The zero-order valence-corrected chi connectivity index (χ0v) is 8.88. The Balaban J connectivity index is 2.93. The van der Waals surface area contributed by atoms with Gasteiger partial charge in [0, 0.05) is 5.39 Å². The minimum atomic E-state index is -1.15. The topological polar surface area (TPSA) is 59.3 Å². The molecule has 0 spiro atoms. The molecule has 1 heterocycles. The molecule has 0 atom stereocenters. The van der Waals surface area contributed by atoms with Gasteiger partial charge in [0.1, 0.15) is 5.69 Å². The highest BCUT2D eigenvalue weighted by molar-refractivity contribution is 6.08. The van der Waals surface area contributed by atoms with Crippen LogP contribution in [0, 0.1) is 12.3 Å². The van der Waals surface area contributed by atoms with E-state index in [-0.39, 0.29) is 17.8 Å². The molecule has 4 nitrogen and oxygen atoms in total. The minimum Gasteiger partial charge on any atom is -0.477 e. The number of benzene rings is 1. The lowest BCUT2D eigenvalue weighted by atomic mass is 10.1. The monoisotopic (exact) mass is 227 g/mol. The van der Waals surface area contributed by atoms with Gasteiger partial charge in [-0.3, -0.25) is 4.79 Å². The first-order valence-corrected chi connectivity index (χ1v) is 4.94. The Bertz CT molecular complexity index is 646. The lowest BCUT2D eigenvalue weighted by molar-refractivity contribution is 0.0683. The number of carbonyl (C=O) groups excluding carboxylic acids is 1. The number of carboxylic acids is 1. The third kappa shape index (κ3) is 1.58. The van der Waals surface area contributed by atoms with E-state index in [0.29, 0.717) is 17.2 Å². The first kappa shape index (κ1) is 11.0. The first-order valence-electron chi connectivity index (χ1n) is 4.94. The van der Waals surface area contributed by atoms with E-state index >= 15 is 0 Å². The highest BCUT2D eigenvalue weighted by Crippen LogP contribution is 2.24. The third-order valence-corrected chi connectivity index (χ3v) is 2.58. The highest BCUT2D eigenvalue weighted by Gasteiger charge is 2.20. The maximum Gasteiger partial charge on any atom is 0.353 e. The highest BCUT2D eigenvalue weighted by atomic mass is 16.4. The van der Waals surface area contributed by atoms with E-state index in [1.54, 1.807) is 24.3 Å². The number of terminal acetylenes is 1. The number of aldehydes is 1. The molecule has 0 bridgehead atoms. The van der Waals surface area contributed by atoms with E-state index in [4.69, 9.17) is 11.5 Å². The molecule has 4 heteroatoms. The van der Waals surface area contributed by atoms with Crippen molar-refractivity contribution < 1.29 is 14.7 Å². The van der Waals surface area contributed by atoms with Crippen molar-refractivity contribution >= 4 is 23.2 Å². The lowest BCUT2D eigenvalue weighted by Gasteiger charge is -2.02. The SMILES string of the molecule is C#CCn1c(C(=O)O)c(C=O)c2ccccc21. The van der Waals surface area contributed by atoms with Gasteiger partial charge in [-0.1, -0.05) is 24.1 Å². The summed E-state index contributed by atoms with van der Waals surface area (Å²) in [6.45, 7) is 0.121. The average molecular weight is 227 g/mol. The van der Waals surface area contributed by atoms with Crippen LogP contribution in [0.5, 0.6) is 0 Å². The van der Waals surface area contributed by atoms with Gasteiger partial charge < -0.3 is 9.67 Å². The normalized spacial score (nSPS) is 10.1. The van der Waals surface area contributed by atoms with Gasteiger partial charge in [0.15, 0.2) is 6.29 Å². The van der Waals surface area contributed by atoms with Gasteiger partial charge in [0.25, 0.3) is 0 Å². The maximum absolute atomic E-state index is 11.2. The predicted molar refractivity (Wildman–Crippen MR) is 63.1 cm³/mol. The smallest absolute Gasteiger partial charge is 0.353 e. The number of rotatable bonds is 3. The van der Waals surface area contributed by atoms with Crippen LogP contribution in [0.3, 0.4) is 0 Å². The molecule has 17 heavy (non-hydrogen) atoms. The second kappa shape index (κ2) is 4.14. The number of nitrogens with zero attached hydrogens (tertiary/aromatic N) is 1. The summed E-state index contributed by atoms with van der Waals surface area (Å²) in [5.74, 6) is 1.24. The number of aromatic nitrogens is 1. The van der Waals surface area contributed by atoms with Crippen molar-refractivity contribution in [3.05, 3.63) is 35.5 Å². The Morgan fingerprint density at radius 2 is 2.18 bits per heavy atom. The van der Waals surface area contributed by atoms with Crippen LogP contribution in [-0.4, -0.2) is 21.9 Å². The zero-order chi connectivity index (χ0) is 12.4. The lowest BCUT2D eigenvalue weighted by Crippen LogP contribution is -2.09. The fraction of sp³-hybridized carbons (Fsp3) is 0.0769. The molecule has 1 aromatic heterocycles. The van der Waals surface area contributed by atoms with E-state index in [0.717, 1.165) is 0 Å². The molecular formula is C13H9NO3. The fourth-order valence-corrected chi connectivity index (χ4v) is 1.94. The van der Waals surface area contributed by atoms with Crippen molar-refractivity contribution in [3.63, 3.8) is 0 Å². The minimum absolute atomic E-state index is 0.0563. The van der Waals surface area contributed by atoms with E-state index in [1.165, 1.54) is 4.57 Å². The van der Waals surface area contributed by atoms with Gasteiger partial charge >= 0.3 is 5.97 Å². The number of hydrogen-bond donors (Lipinski definition) is 1. The Kier molecular flexibility index (Phi) is 2.67. The van der Waals surface area contributed by atoms with E-state index in [9.17, 15) is 9.59 Å². The van der Waals surface area contributed by atoms with Gasteiger partial charge in [0.05, 0.1) is 17.6 Å². The molecule has 1 aromatic carbocycles. The van der Waals surface area contributed by atoms with Crippen LogP contribution in [0.25, 0.3) is 10.9 Å². The largest absolute Gasteiger partial charge is 0.477 e. The third-order valence-electron chi connectivity index (χ3n) is 2.58. The molecule has 1 N–H and O–H groups in total. The van der Waals surface area contributed by atoms with Crippen molar-refractivity contribution in [2.24, 2.45) is 0 Å². The second-order valence-corrected chi connectivity index (χ2v) is 3.49. The molecule has 0 aliphatic carbocycles. The van der Waals surface area contributed by atoms with Crippen LogP contribution < -0.4 is 0 Å². The molecule has 2 aromatic rings. The molecule has 0 aliphatic rings. The number of hydrogen-bond acceptors (Lipinski definition) is 2. The Morgan fingerprint density at radius 1 is 1.47 bits per heavy atom. The van der Waals surface area contributed by atoms with Gasteiger partial charge in [-0.2, -0.15) is 0 Å². The maximum atomic E-state index is 11.2. The molecule has 0 fully saturated rings. The van der Waals surface area contributed by atoms with E-state index in [1.807, 2.05) is 0 Å². The van der Waals surface area contributed by atoms with E-state index in [2.05, 4.69) is 5.92 Å². The van der Waals surface area contributed by atoms with Crippen LogP contribution in [0.2, 0.25) is 0 Å². The summed E-state index contributed by atoms with van der Waals surface area (Å²) in [7, 11) is 0. The summed E-state index contributed by atoms with van der Waals surface area (Å²) in [5.41, 5.74) is 0.771. The summed E-state index contributed by atoms with van der Waals surface area (Å²) in [6.07, 6.45) is 5.77. The van der Waals surface area contributed by atoms with E-state index < -0.39 is 5.97 Å². The summed E-state index contributed by atoms with van der Waals surface area (Å²) >= 11 is 0. The van der Waals surface area contributed by atoms with Crippen LogP contribution in [-0.2, 0) is 6.54 Å². The van der Waals surface area contributed by atoms with Crippen molar-refractivity contribution in [1.29, 1.82) is 0 Å². The fourth-order valence-electron chi connectivity index (χ4n) is 1.94. The van der Waals surface area contributed by atoms with Crippen LogP contribution in [0.1, 0.15) is 20.8 Å². The average Bonchev–Trinajstić information content (AvgIpc) is 2.64. The second-order valence-electron chi connectivity index (χ2n) is 3.49. The summed E-state index contributed by atoms with van der Waals surface area (Å²) in [6, 6.07) is 6.97. The molecule has 84 valence electrons. The molecular weight excluding hydrogens is 218 g/mol. The Hall–Kier alpha value is -2.54. The Labute approximate surface area is 97.5 Å². The summed E-state index contributed by atoms with van der Waals surface area (Å²) in [4.78, 5) is 22.2. The van der Waals surface area contributed by atoms with Crippen molar-refractivity contribution in [2.75, 3.05) is 0 Å². The van der Waals surface area contributed by atoms with Gasteiger partial charge in [0.2, 0.25) is 0 Å². The quantitative estimate of drug-likeness (QED) is 0.642. The summed E-state index contributed by atoms with van der Waals surface area (Å²) in [5, 5.41) is 9.76. The first-order chi connectivity index (χ1) is 8.20. The molecule has 0 saturated carbocycles. The van der Waals surface area contributed by atoms with Gasteiger partial charge in [-0.05, 0) is 6.07 Å². The van der Waals surface area contributed by atoms with Crippen LogP contribution in [0.4, 0.5) is 0 Å². The number of para-hydroxylation sites is 1. The molecule has 2 rings (SSSR count). The predicted octanol–water partition coefficient (Wildman–Crippen LogP) is 1.79. The number of carbonyl (C=O) groups is 2. The van der Waals surface area contributed by atoms with Crippen LogP contribution >= 0.6 is 0 Å². The molecule has 0 radical (unpaired) electrons. The molecule has 0 aliphatic heterocycles. The zero-order valence-electron chi connectivity index (χ0n) is 8.88.